The molecule has 2 rings (SSSR count). The molecule has 1 heterocycles. The van der Waals surface area contributed by atoms with Crippen LogP contribution in [0.2, 0.25) is 0 Å². The number of urea groups is 1. The minimum Gasteiger partial charge on any atom is -0.393 e. The highest BCUT2D eigenvalue weighted by Crippen LogP contribution is 2.23. The quantitative estimate of drug-likeness (QED) is 0.798. The van der Waals surface area contributed by atoms with Gasteiger partial charge >= 0.3 is 6.03 Å². The zero-order chi connectivity index (χ0) is 14.5. The van der Waals surface area contributed by atoms with Crippen LogP contribution in [-0.4, -0.2) is 28.8 Å². The van der Waals surface area contributed by atoms with Gasteiger partial charge in [0.05, 0.1) is 12.1 Å². The summed E-state index contributed by atoms with van der Waals surface area (Å²) in [5.74, 6) is 0.391. The zero-order valence-electron chi connectivity index (χ0n) is 12.1. The highest BCUT2D eigenvalue weighted by atomic mass is 32.1. The fourth-order valence-electron chi connectivity index (χ4n) is 2.57. The number of aliphatic hydroxyl groups excluding tert-OH is 1. The standard InChI is InChI=1S/C14H23N3O2S/c1-9-8-20-13(16-9)10(2)17-14(19)15-7-11-4-3-5-12(18)6-11/h8,10-12,18H,3-7H2,1-2H3,(H2,15,17,19). The molecule has 3 N–H and O–H groups in total. The Morgan fingerprint density at radius 3 is 3.05 bits per heavy atom. The first kappa shape index (κ1) is 15.3. The minimum atomic E-state index is -0.198. The van der Waals surface area contributed by atoms with Gasteiger partial charge in [0.1, 0.15) is 5.01 Å². The molecule has 0 aliphatic heterocycles. The maximum absolute atomic E-state index is 11.8. The minimum absolute atomic E-state index is 0.0781. The maximum atomic E-state index is 11.8. The van der Waals surface area contributed by atoms with Gasteiger partial charge in [-0.25, -0.2) is 9.78 Å². The molecule has 6 heteroatoms. The summed E-state index contributed by atoms with van der Waals surface area (Å²) in [5, 5.41) is 18.3. The van der Waals surface area contributed by atoms with E-state index in [0.717, 1.165) is 36.4 Å². The van der Waals surface area contributed by atoms with Crippen molar-refractivity contribution in [2.45, 2.75) is 51.7 Å². The molecule has 5 nitrogen and oxygen atoms in total. The van der Waals surface area contributed by atoms with Crippen LogP contribution in [0.3, 0.4) is 0 Å². The first-order valence-electron chi connectivity index (χ1n) is 7.19. The number of rotatable bonds is 4. The third-order valence-electron chi connectivity index (χ3n) is 3.66. The van der Waals surface area contributed by atoms with Crippen LogP contribution in [0.4, 0.5) is 4.79 Å². The van der Waals surface area contributed by atoms with E-state index >= 15 is 0 Å². The van der Waals surface area contributed by atoms with Crippen LogP contribution in [0.25, 0.3) is 0 Å². The van der Waals surface area contributed by atoms with Gasteiger partial charge in [-0.1, -0.05) is 6.42 Å². The molecule has 0 aromatic carbocycles. The van der Waals surface area contributed by atoms with Crippen LogP contribution in [0, 0.1) is 12.8 Å². The van der Waals surface area contributed by atoms with Crippen molar-refractivity contribution in [1.82, 2.24) is 15.6 Å². The molecule has 1 fully saturated rings. The van der Waals surface area contributed by atoms with Gasteiger partial charge in [-0.15, -0.1) is 11.3 Å². The Hall–Kier alpha value is -1.14. The first-order valence-corrected chi connectivity index (χ1v) is 8.07. The van der Waals surface area contributed by atoms with E-state index in [2.05, 4.69) is 15.6 Å². The van der Waals surface area contributed by atoms with E-state index in [1.54, 1.807) is 11.3 Å². The Balaban J connectivity index is 1.72. The highest BCUT2D eigenvalue weighted by Gasteiger charge is 2.21. The number of amides is 2. The smallest absolute Gasteiger partial charge is 0.315 e. The van der Waals surface area contributed by atoms with Gasteiger partial charge in [-0.2, -0.15) is 0 Å². The average Bonchev–Trinajstić information content (AvgIpc) is 2.83. The van der Waals surface area contributed by atoms with Crippen molar-refractivity contribution in [3.8, 4) is 0 Å². The second-order valence-corrected chi connectivity index (χ2v) is 6.48. The predicted octanol–water partition coefficient (Wildman–Crippen LogP) is 2.36. The fraction of sp³-hybridized carbons (Fsp3) is 0.714. The Bertz CT molecular complexity index is 449. The van der Waals surface area contributed by atoms with Crippen LogP contribution in [0.1, 0.15) is 49.4 Å². The second-order valence-electron chi connectivity index (χ2n) is 5.59. The molecule has 3 unspecified atom stereocenters. The molecule has 1 aromatic heterocycles. The Morgan fingerprint density at radius 2 is 2.40 bits per heavy atom. The van der Waals surface area contributed by atoms with E-state index in [4.69, 9.17) is 0 Å². The lowest BCUT2D eigenvalue weighted by Gasteiger charge is -2.26. The van der Waals surface area contributed by atoms with Gasteiger partial charge in [0.15, 0.2) is 0 Å². The molecular weight excluding hydrogens is 274 g/mol. The van der Waals surface area contributed by atoms with Gasteiger partial charge in [0.25, 0.3) is 0 Å². The molecule has 0 radical (unpaired) electrons. The lowest BCUT2D eigenvalue weighted by molar-refractivity contribution is 0.101. The lowest BCUT2D eigenvalue weighted by atomic mass is 9.87. The summed E-state index contributed by atoms with van der Waals surface area (Å²) >= 11 is 1.56. The molecule has 2 amide bonds. The lowest BCUT2D eigenvalue weighted by Crippen LogP contribution is -2.40. The van der Waals surface area contributed by atoms with Crippen LogP contribution in [-0.2, 0) is 0 Å². The SMILES string of the molecule is Cc1csc(C(C)NC(=O)NCC2CCCC(O)C2)n1. The summed E-state index contributed by atoms with van der Waals surface area (Å²) in [6, 6.07) is -0.240. The molecule has 112 valence electrons. The van der Waals surface area contributed by atoms with Crippen LogP contribution in [0.15, 0.2) is 5.38 Å². The number of aromatic nitrogens is 1. The topological polar surface area (TPSA) is 74.2 Å². The van der Waals surface area contributed by atoms with Crippen molar-refractivity contribution < 1.29 is 9.90 Å². The molecule has 3 atom stereocenters. The van der Waals surface area contributed by atoms with Gasteiger partial charge < -0.3 is 15.7 Å². The van der Waals surface area contributed by atoms with E-state index in [0.29, 0.717) is 12.5 Å². The van der Waals surface area contributed by atoms with E-state index in [9.17, 15) is 9.90 Å². The van der Waals surface area contributed by atoms with Crippen molar-refractivity contribution >= 4 is 17.4 Å². The van der Waals surface area contributed by atoms with Crippen molar-refractivity contribution in [3.63, 3.8) is 0 Å². The number of nitrogens with one attached hydrogen (secondary N) is 2. The number of thiazole rings is 1. The molecule has 0 spiro atoms. The molecule has 0 bridgehead atoms. The van der Waals surface area contributed by atoms with E-state index < -0.39 is 0 Å². The normalized spacial score (nSPS) is 24.1. The summed E-state index contributed by atoms with van der Waals surface area (Å²) < 4.78 is 0. The molecule has 1 aliphatic carbocycles. The third kappa shape index (κ3) is 4.45. The number of carbonyl (C=O) groups excluding carboxylic acids is 1. The molecule has 1 saturated carbocycles. The molecular formula is C14H23N3O2S. The number of aliphatic hydroxyl groups is 1. The number of nitrogens with zero attached hydrogens (tertiary/aromatic N) is 1. The third-order valence-corrected chi connectivity index (χ3v) is 4.81. The van der Waals surface area contributed by atoms with E-state index in [-0.39, 0.29) is 18.2 Å². The number of hydrogen-bond acceptors (Lipinski definition) is 4. The zero-order valence-corrected chi connectivity index (χ0v) is 12.9. The second kappa shape index (κ2) is 7.04. The molecule has 1 aliphatic rings. The monoisotopic (exact) mass is 297 g/mol. The van der Waals surface area contributed by atoms with Crippen LogP contribution >= 0.6 is 11.3 Å². The van der Waals surface area contributed by atoms with E-state index in [1.165, 1.54) is 0 Å². The summed E-state index contributed by atoms with van der Waals surface area (Å²) in [5.41, 5.74) is 0.982. The van der Waals surface area contributed by atoms with Crippen molar-refractivity contribution in [2.24, 2.45) is 5.92 Å². The predicted molar refractivity (Wildman–Crippen MR) is 79.8 cm³/mol. The summed E-state index contributed by atoms with van der Waals surface area (Å²) in [6.45, 7) is 4.51. The largest absolute Gasteiger partial charge is 0.393 e. The van der Waals surface area contributed by atoms with E-state index in [1.807, 2.05) is 19.2 Å². The summed E-state index contributed by atoms with van der Waals surface area (Å²) in [6.07, 6.45) is 3.61. The fourth-order valence-corrected chi connectivity index (χ4v) is 3.37. The Kier molecular flexibility index (Phi) is 5.37. The van der Waals surface area contributed by atoms with Crippen LogP contribution in [0.5, 0.6) is 0 Å². The summed E-state index contributed by atoms with van der Waals surface area (Å²) in [4.78, 5) is 16.2. The van der Waals surface area contributed by atoms with Gasteiger partial charge in [-0.05, 0) is 39.0 Å². The summed E-state index contributed by atoms with van der Waals surface area (Å²) in [7, 11) is 0. The Labute approximate surface area is 123 Å². The van der Waals surface area contributed by atoms with Gasteiger partial charge in [0, 0.05) is 17.6 Å². The molecule has 1 aromatic rings. The molecule has 20 heavy (non-hydrogen) atoms. The van der Waals surface area contributed by atoms with Crippen molar-refractivity contribution in [1.29, 1.82) is 0 Å². The van der Waals surface area contributed by atoms with Gasteiger partial charge in [0.2, 0.25) is 0 Å². The van der Waals surface area contributed by atoms with Crippen LogP contribution < -0.4 is 10.6 Å². The first-order chi connectivity index (χ1) is 9.54. The molecule has 0 saturated heterocycles. The van der Waals surface area contributed by atoms with Crippen molar-refractivity contribution in [3.05, 3.63) is 16.1 Å². The number of hydrogen-bond donors (Lipinski definition) is 3. The Morgan fingerprint density at radius 1 is 1.60 bits per heavy atom. The average molecular weight is 297 g/mol. The van der Waals surface area contributed by atoms with Gasteiger partial charge in [-0.3, -0.25) is 0 Å². The maximum Gasteiger partial charge on any atom is 0.315 e. The number of aryl methyl sites for hydroxylation is 1. The van der Waals surface area contributed by atoms with Crippen molar-refractivity contribution in [2.75, 3.05) is 6.54 Å². The highest BCUT2D eigenvalue weighted by molar-refractivity contribution is 7.09. The number of carbonyl (C=O) groups is 1.